The minimum absolute atomic E-state index is 0.0718. The quantitative estimate of drug-likeness (QED) is 0.882. The van der Waals surface area contributed by atoms with Crippen molar-refractivity contribution >= 4 is 11.6 Å². The average Bonchev–Trinajstić information content (AvgIpc) is 2.86. The fourth-order valence-electron chi connectivity index (χ4n) is 4.00. The second-order valence-corrected chi connectivity index (χ2v) is 8.03. The minimum atomic E-state index is -0.0718. The molecular formula is C17H28N4O. The zero-order valence-corrected chi connectivity index (χ0v) is 13.9. The maximum absolute atomic E-state index is 12.6. The second-order valence-electron chi connectivity index (χ2n) is 8.03. The van der Waals surface area contributed by atoms with E-state index in [1.54, 1.807) is 6.20 Å². The smallest absolute Gasteiger partial charge is 0.227 e. The molecule has 2 atom stereocenters. The lowest BCUT2D eigenvalue weighted by Crippen LogP contribution is -2.48. The SMILES string of the molecule is CC(C)(C)n1cc(NC(=O)C2CC3CCCC(C2)C3N)cn1. The van der Waals surface area contributed by atoms with Crippen molar-refractivity contribution in [2.75, 3.05) is 5.32 Å². The van der Waals surface area contributed by atoms with Crippen molar-refractivity contribution in [2.45, 2.75) is 64.5 Å². The Hall–Kier alpha value is -1.36. The van der Waals surface area contributed by atoms with E-state index in [1.807, 2.05) is 10.9 Å². The van der Waals surface area contributed by atoms with Crippen LogP contribution in [0, 0.1) is 17.8 Å². The van der Waals surface area contributed by atoms with Gasteiger partial charge in [0.15, 0.2) is 0 Å². The predicted octanol–water partition coefficient (Wildman–Crippen LogP) is 2.73. The van der Waals surface area contributed by atoms with Gasteiger partial charge in [-0.3, -0.25) is 9.48 Å². The van der Waals surface area contributed by atoms with Gasteiger partial charge in [-0.25, -0.2) is 0 Å². The van der Waals surface area contributed by atoms with Gasteiger partial charge >= 0.3 is 0 Å². The van der Waals surface area contributed by atoms with Gasteiger partial charge < -0.3 is 11.1 Å². The Morgan fingerprint density at radius 3 is 2.50 bits per heavy atom. The number of hydrogen-bond donors (Lipinski definition) is 2. The molecular weight excluding hydrogens is 276 g/mol. The topological polar surface area (TPSA) is 72.9 Å². The number of carbonyl (C=O) groups excluding carboxylic acids is 1. The number of carbonyl (C=O) groups is 1. The van der Waals surface area contributed by atoms with Crippen LogP contribution in [-0.2, 0) is 10.3 Å². The molecule has 0 radical (unpaired) electrons. The normalized spacial score (nSPS) is 31.8. The summed E-state index contributed by atoms with van der Waals surface area (Å²) in [4.78, 5) is 12.6. The molecule has 5 nitrogen and oxygen atoms in total. The van der Waals surface area contributed by atoms with Crippen LogP contribution >= 0.6 is 0 Å². The Kier molecular flexibility index (Phi) is 4.02. The van der Waals surface area contributed by atoms with E-state index >= 15 is 0 Å². The van der Waals surface area contributed by atoms with Crippen molar-refractivity contribution in [2.24, 2.45) is 23.5 Å². The number of hydrogen-bond acceptors (Lipinski definition) is 3. The Labute approximate surface area is 132 Å². The molecule has 2 aliphatic rings. The lowest BCUT2D eigenvalue weighted by molar-refractivity contribution is -0.122. The predicted molar refractivity (Wildman–Crippen MR) is 87.4 cm³/mol. The van der Waals surface area contributed by atoms with E-state index in [1.165, 1.54) is 19.3 Å². The van der Waals surface area contributed by atoms with Crippen LogP contribution in [0.5, 0.6) is 0 Å². The van der Waals surface area contributed by atoms with Crippen LogP contribution in [0.25, 0.3) is 0 Å². The fourth-order valence-corrected chi connectivity index (χ4v) is 4.00. The molecule has 122 valence electrons. The van der Waals surface area contributed by atoms with Crippen LogP contribution in [0.2, 0.25) is 0 Å². The Morgan fingerprint density at radius 2 is 1.95 bits per heavy atom. The molecule has 22 heavy (non-hydrogen) atoms. The molecule has 0 spiro atoms. The molecule has 2 unspecified atom stereocenters. The molecule has 1 aromatic rings. The molecule has 5 heteroatoms. The number of aromatic nitrogens is 2. The van der Waals surface area contributed by atoms with Gasteiger partial charge in [-0.15, -0.1) is 0 Å². The average molecular weight is 304 g/mol. The van der Waals surface area contributed by atoms with E-state index in [0.717, 1.165) is 18.5 Å². The number of anilines is 1. The largest absolute Gasteiger partial charge is 0.327 e. The van der Waals surface area contributed by atoms with E-state index in [2.05, 4.69) is 31.2 Å². The summed E-state index contributed by atoms with van der Waals surface area (Å²) in [6.45, 7) is 6.28. The summed E-state index contributed by atoms with van der Waals surface area (Å²) in [5, 5.41) is 7.38. The first-order valence-corrected chi connectivity index (χ1v) is 8.46. The van der Waals surface area contributed by atoms with Crippen molar-refractivity contribution in [1.82, 2.24) is 9.78 Å². The standard InChI is InChI=1S/C17H28N4O/c1-17(2,3)21-10-14(9-19-21)20-16(22)13-7-11-5-4-6-12(8-13)15(11)18/h9-13,15H,4-8,18H2,1-3H3,(H,20,22). The van der Waals surface area contributed by atoms with Gasteiger partial charge in [0.2, 0.25) is 5.91 Å². The van der Waals surface area contributed by atoms with Gasteiger partial charge in [0.1, 0.15) is 0 Å². The Bertz CT molecular complexity index is 531. The van der Waals surface area contributed by atoms with Gasteiger partial charge in [0.25, 0.3) is 0 Å². The van der Waals surface area contributed by atoms with Crippen LogP contribution < -0.4 is 11.1 Å². The summed E-state index contributed by atoms with van der Waals surface area (Å²) in [5.74, 6) is 1.30. The third kappa shape index (κ3) is 3.05. The molecule has 2 bridgehead atoms. The summed E-state index contributed by atoms with van der Waals surface area (Å²) in [7, 11) is 0. The number of amides is 1. The molecule has 2 fully saturated rings. The first-order valence-electron chi connectivity index (χ1n) is 8.46. The number of nitrogens with two attached hydrogens (primary N) is 1. The van der Waals surface area contributed by atoms with E-state index < -0.39 is 0 Å². The molecule has 0 aliphatic heterocycles. The highest BCUT2D eigenvalue weighted by Gasteiger charge is 2.40. The summed E-state index contributed by atoms with van der Waals surface area (Å²) < 4.78 is 1.88. The molecule has 1 amide bonds. The molecule has 0 saturated heterocycles. The monoisotopic (exact) mass is 304 g/mol. The lowest BCUT2D eigenvalue weighted by atomic mass is 9.65. The number of nitrogens with zero attached hydrogens (tertiary/aromatic N) is 2. The van der Waals surface area contributed by atoms with Gasteiger partial charge in [-0.05, 0) is 58.3 Å². The molecule has 0 aromatic carbocycles. The van der Waals surface area contributed by atoms with E-state index in [4.69, 9.17) is 5.73 Å². The van der Waals surface area contributed by atoms with E-state index in [0.29, 0.717) is 17.9 Å². The summed E-state index contributed by atoms with van der Waals surface area (Å²) in [6, 6.07) is 0.307. The van der Waals surface area contributed by atoms with Crippen molar-refractivity contribution in [3.05, 3.63) is 12.4 Å². The van der Waals surface area contributed by atoms with Gasteiger partial charge in [-0.1, -0.05) is 6.42 Å². The third-order valence-corrected chi connectivity index (χ3v) is 5.32. The van der Waals surface area contributed by atoms with Crippen LogP contribution in [0.1, 0.15) is 52.9 Å². The van der Waals surface area contributed by atoms with Crippen LogP contribution in [0.3, 0.4) is 0 Å². The zero-order chi connectivity index (χ0) is 15.9. The number of nitrogens with one attached hydrogen (secondary N) is 1. The van der Waals surface area contributed by atoms with Crippen molar-refractivity contribution in [3.63, 3.8) is 0 Å². The lowest BCUT2D eigenvalue weighted by Gasteiger charge is -2.43. The van der Waals surface area contributed by atoms with E-state index in [9.17, 15) is 4.79 Å². The zero-order valence-electron chi connectivity index (χ0n) is 13.9. The van der Waals surface area contributed by atoms with Crippen molar-refractivity contribution in [3.8, 4) is 0 Å². The number of rotatable bonds is 2. The molecule has 1 aromatic heterocycles. The third-order valence-electron chi connectivity index (χ3n) is 5.32. The fraction of sp³-hybridized carbons (Fsp3) is 0.765. The maximum atomic E-state index is 12.6. The maximum Gasteiger partial charge on any atom is 0.227 e. The molecule has 3 rings (SSSR count). The van der Waals surface area contributed by atoms with E-state index in [-0.39, 0.29) is 17.4 Å². The Morgan fingerprint density at radius 1 is 1.32 bits per heavy atom. The highest BCUT2D eigenvalue weighted by molar-refractivity contribution is 5.92. The summed E-state index contributed by atoms with van der Waals surface area (Å²) >= 11 is 0. The van der Waals surface area contributed by atoms with Gasteiger partial charge in [-0.2, -0.15) is 5.10 Å². The summed E-state index contributed by atoms with van der Waals surface area (Å²) in [5.41, 5.74) is 7.03. The van der Waals surface area contributed by atoms with Crippen LogP contribution in [0.4, 0.5) is 5.69 Å². The Balaban J connectivity index is 1.64. The first-order chi connectivity index (χ1) is 10.3. The first kappa shape index (κ1) is 15.5. The van der Waals surface area contributed by atoms with Crippen molar-refractivity contribution < 1.29 is 4.79 Å². The summed E-state index contributed by atoms with van der Waals surface area (Å²) in [6.07, 6.45) is 9.17. The van der Waals surface area contributed by atoms with Crippen LogP contribution in [0.15, 0.2) is 12.4 Å². The van der Waals surface area contributed by atoms with Crippen LogP contribution in [-0.4, -0.2) is 21.7 Å². The minimum Gasteiger partial charge on any atom is -0.327 e. The molecule has 1 heterocycles. The highest BCUT2D eigenvalue weighted by atomic mass is 16.1. The van der Waals surface area contributed by atoms with Gasteiger partial charge in [0, 0.05) is 18.2 Å². The highest BCUT2D eigenvalue weighted by Crippen LogP contribution is 2.42. The molecule has 2 saturated carbocycles. The van der Waals surface area contributed by atoms with Gasteiger partial charge in [0.05, 0.1) is 17.4 Å². The molecule has 2 aliphatic carbocycles. The number of fused-ring (bicyclic) bond motifs is 2. The van der Waals surface area contributed by atoms with Crippen molar-refractivity contribution in [1.29, 1.82) is 0 Å². The molecule has 3 N–H and O–H groups in total. The second kappa shape index (κ2) is 5.69.